The highest BCUT2D eigenvalue weighted by atomic mass is 79.9. The molecule has 1 fully saturated rings. The predicted octanol–water partition coefficient (Wildman–Crippen LogP) is 2.54. The molecule has 1 aromatic rings. The number of aromatic hydroxyl groups is 1. The molecule has 3 nitrogen and oxygen atoms in total. The Morgan fingerprint density at radius 2 is 2.28 bits per heavy atom. The monoisotopic (exact) mass is 312 g/mol. The Bertz CT molecular complexity index is 411. The van der Waals surface area contributed by atoms with Crippen molar-refractivity contribution in [1.29, 1.82) is 0 Å². The van der Waals surface area contributed by atoms with Crippen LogP contribution in [0.4, 0.5) is 0 Å². The van der Waals surface area contributed by atoms with Gasteiger partial charge in [0.1, 0.15) is 5.75 Å². The largest absolute Gasteiger partial charge is 0.508 e. The van der Waals surface area contributed by atoms with Gasteiger partial charge in [0.25, 0.3) is 0 Å². The number of likely N-dealkylation sites (tertiary alicyclic amines) is 1. The van der Waals surface area contributed by atoms with Crippen LogP contribution in [0.5, 0.6) is 5.75 Å². The molecular weight excluding hydrogens is 292 g/mol. The molecule has 1 aromatic carbocycles. The predicted molar refractivity (Wildman–Crippen MR) is 77.7 cm³/mol. The van der Waals surface area contributed by atoms with Crippen LogP contribution in [-0.4, -0.2) is 48.6 Å². The van der Waals surface area contributed by atoms with Crippen LogP contribution in [-0.2, 0) is 6.54 Å². The molecule has 0 bridgehead atoms. The van der Waals surface area contributed by atoms with E-state index in [-0.39, 0.29) is 0 Å². The average Bonchev–Trinajstić information content (AvgIpc) is 2.69. The Kier molecular flexibility index (Phi) is 4.65. The van der Waals surface area contributed by atoms with Gasteiger partial charge in [-0.25, -0.2) is 0 Å². The number of nitrogens with zero attached hydrogens (tertiary/aromatic N) is 2. The van der Waals surface area contributed by atoms with Gasteiger partial charge >= 0.3 is 0 Å². The average molecular weight is 313 g/mol. The van der Waals surface area contributed by atoms with Crippen molar-refractivity contribution >= 4 is 15.9 Å². The summed E-state index contributed by atoms with van der Waals surface area (Å²) in [7, 11) is 4.30. The maximum Gasteiger partial charge on any atom is 0.120 e. The third-order valence-corrected chi connectivity index (χ3v) is 4.03. The molecule has 0 aromatic heterocycles. The van der Waals surface area contributed by atoms with Gasteiger partial charge in [-0.2, -0.15) is 0 Å². The minimum Gasteiger partial charge on any atom is -0.508 e. The number of hydrogen-bond acceptors (Lipinski definition) is 3. The van der Waals surface area contributed by atoms with Gasteiger partial charge in [-0.3, -0.25) is 0 Å². The lowest BCUT2D eigenvalue weighted by Gasteiger charge is -2.21. The van der Waals surface area contributed by atoms with Gasteiger partial charge in [0.2, 0.25) is 0 Å². The number of phenols is 1. The number of rotatable bonds is 4. The molecule has 1 atom stereocenters. The normalized spacial score (nSPS) is 20.8. The van der Waals surface area contributed by atoms with Gasteiger partial charge in [-0.1, -0.05) is 15.9 Å². The smallest absolute Gasteiger partial charge is 0.120 e. The summed E-state index contributed by atoms with van der Waals surface area (Å²) in [6.45, 7) is 4.29. The highest BCUT2D eigenvalue weighted by Gasteiger charge is 2.20. The van der Waals surface area contributed by atoms with Crippen LogP contribution in [0.1, 0.15) is 12.0 Å². The highest BCUT2D eigenvalue weighted by Crippen LogP contribution is 2.24. The summed E-state index contributed by atoms with van der Waals surface area (Å²) in [5.74, 6) is 1.14. The molecular formula is C14H21BrN2O. The molecule has 4 heteroatoms. The van der Waals surface area contributed by atoms with E-state index in [0.29, 0.717) is 5.75 Å². The molecule has 0 aliphatic carbocycles. The number of benzene rings is 1. The van der Waals surface area contributed by atoms with Crippen molar-refractivity contribution in [2.24, 2.45) is 5.92 Å². The molecule has 1 heterocycles. The van der Waals surface area contributed by atoms with Gasteiger partial charge in [-0.15, -0.1) is 0 Å². The van der Waals surface area contributed by atoms with Gasteiger partial charge in [0, 0.05) is 29.7 Å². The van der Waals surface area contributed by atoms with Gasteiger partial charge in [0.05, 0.1) is 0 Å². The van der Waals surface area contributed by atoms with E-state index < -0.39 is 0 Å². The molecule has 1 unspecified atom stereocenters. The second kappa shape index (κ2) is 6.04. The molecule has 0 radical (unpaired) electrons. The van der Waals surface area contributed by atoms with Crippen molar-refractivity contribution in [1.82, 2.24) is 9.80 Å². The van der Waals surface area contributed by atoms with E-state index in [2.05, 4.69) is 39.8 Å². The molecule has 2 rings (SSSR count). The second-order valence-electron chi connectivity index (χ2n) is 5.39. The van der Waals surface area contributed by atoms with E-state index in [1.54, 1.807) is 6.07 Å². The summed E-state index contributed by atoms with van der Waals surface area (Å²) in [6.07, 6.45) is 1.28. The standard InChI is InChI=1S/C14H21BrN2O/c1-16-6-5-11(8-16)9-17(2)10-12-7-13(15)3-4-14(12)18/h3-4,7,11,18H,5-6,8-10H2,1-2H3. The highest BCUT2D eigenvalue weighted by molar-refractivity contribution is 9.10. The Balaban J connectivity index is 1.90. The van der Waals surface area contributed by atoms with E-state index in [4.69, 9.17) is 0 Å². The van der Waals surface area contributed by atoms with Crippen LogP contribution in [0.3, 0.4) is 0 Å². The molecule has 100 valence electrons. The van der Waals surface area contributed by atoms with Crippen molar-refractivity contribution in [3.63, 3.8) is 0 Å². The molecule has 0 saturated carbocycles. The van der Waals surface area contributed by atoms with Crippen LogP contribution in [0.15, 0.2) is 22.7 Å². The zero-order valence-electron chi connectivity index (χ0n) is 11.1. The van der Waals surface area contributed by atoms with Crippen LogP contribution in [0.2, 0.25) is 0 Å². The Morgan fingerprint density at radius 1 is 1.50 bits per heavy atom. The van der Waals surface area contributed by atoms with E-state index in [1.165, 1.54) is 19.5 Å². The van der Waals surface area contributed by atoms with Crippen molar-refractivity contribution in [3.8, 4) is 5.75 Å². The fourth-order valence-electron chi connectivity index (χ4n) is 2.65. The summed E-state index contributed by atoms with van der Waals surface area (Å²) in [5.41, 5.74) is 0.984. The first-order valence-corrected chi connectivity index (χ1v) is 7.18. The molecule has 1 aliphatic heterocycles. The van der Waals surface area contributed by atoms with Crippen molar-refractivity contribution < 1.29 is 5.11 Å². The van der Waals surface area contributed by atoms with Crippen molar-refractivity contribution in [2.45, 2.75) is 13.0 Å². The van der Waals surface area contributed by atoms with Crippen LogP contribution in [0.25, 0.3) is 0 Å². The summed E-state index contributed by atoms with van der Waals surface area (Å²) < 4.78 is 1.02. The fraction of sp³-hybridized carbons (Fsp3) is 0.571. The third-order valence-electron chi connectivity index (χ3n) is 3.54. The van der Waals surface area contributed by atoms with E-state index in [0.717, 1.165) is 29.0 Å². The number of phenolic OH excluding ortho intramolecular Hbond substituents is 1. The molecule has 1 aliphatic rings. The first-order valence-electron chi connectivity index (χ1n) is 6.39. The van der Waals surface area contributed by atoms with Gasteiger partial charge < -0.3 is 14.9 Å². The Labute approximate surface area is 118 Å². The van der Waals surface area contributed by atoms with Crippen molar-refractivity contribution in [2.75, 3.05) is 33.7 Å². The van der Waals surface area contributed by atoms with E-state index in [1.807, 2.05) is 12.1 Å². The Hall–Kier alpha value is -0.580. The molecule has 1 N–H and O–H groups in total. The quantitative estimate of drug-likeness (QED) is 0.925. The van der Waals surface area contributed by atoms with Crippen LogP contribution in [0, 0.1) is 5.92 Å². The summed E-state index contributed by atoms with van der Waals surface area (Å²) >= 11 is 3.45. The van der Waals surface area contributed by atoms with E-state index in [9.17, 15) is 5.11 Å². The van der Waals surface area contributed by atoms with E-state index >= 15 is 0 Å². The summed E-state index contributed by atoms with van der Waals surface area (Å²) in [6, 6.07) is 5.61. The zero-order chi connectivity index (χ0) is 13.1. The first kappa shape index (κ1) is 13.8. The van der Waals surface area contributed by atoms with Crippen LogP contribution >= 0.6 is 15.9 Å². The molecule has 18 heavy (non-hydrogen) atoms. The minimum absolute atomic E-state index is 0.383. The maximum atomic E-state index is 9.83. The van der Waals surface area contributed by atoms with Crippen LogP contribution < -0.4 is 0 Å². The number of hydrogen-bond donors (Lipinski definition) is 1. The number of halogens is 1. The lowest BCUT2D eigenvalue weighted by molar-refractivity contribution is 0.264. The summed E-state index contributed by atoms with van der Waals surface area (Å²) in [5, 5.41) is 9.83. The van der Waals surface area contributed by atoms with Gasteiger partial charge in [0.15, 0.2) is 0 Å². The lowest BCUT2D eigenvalue weighted by Crippen LogP contribution is -2.27. The topological polar surface area (TPSA) is 26.7 Å². The molecule has 1 saturated heterocycles. The summed E-state index contributed by atoms with van der Waals surface area (Å²) in [4.78, 5) is 4.68. The maximum absolute atomic E-state index is 9.83. The molecule has 0 spiro atoms. The van der Waals surface area contributed by atoms with Gasteiger partial charge in [-0.05, 0) is 51.2 Å². The fourth-order valence-corrected chi connectivity index (χ4v) is 3.06. The SMILES string of the molecule is CN1CCC(CN(C)Cc2cc(Br)ccc2O)C1. The first-order chi connectivity index (χ1) is 8.54. The lowest BCUT2D eigenvalue weighted by atomic mass is 10.1. The molecule has 0 amide bonds. The second-order valence-corrected chi connectivity index (χ2v) is 6.30. The van der Waals surface area contributed by atoms with Crippen molar-refractivity contribution in [3.05, 3.63) is 28.2 Å². The zero-order valence-corrected chi connectivity index (χ0v) is 12.7. The Morgan fingerprint density at radius 3 is 2.94 bits per heavy atom. The third kappa shape index (κ3) is 3.70. The minimum atomic E-state index is 0.383.